The van der Waals surface area contributed by atoms with Crippen molar-refractivity contribution in [3.05, 3.63) is 51.7 Å². The van der Waals surface area contributed by atoms with E-state index in [0.29, 0.717) is 18.7 Å². The molecule has 0 saturated heterocycles. The summed E-state index contributed by atoms with van der Waals surface area (Å²) in [6, 6.07) is 9.08. The molecule has 0 spiro atoms. The van der Waals surface area contributed by atoms with Gasteiger partial charge in [-0.15, -0.1) is 11.3 Å². The van der Waals surface area contributed by atoms with Crippen molar-refractivity contribution in [2.45, 2.75) is 20.4 Å². The van der Waals surface area contributed by atoms with E-state index in [4.69, 9.17) is 0 Å². The van der Waals surface area contributed by atoms with Gasteiger partial charge < -0.3 is 10.0 Å². The Balaban J connectivity index is 2.23. The molecule has 100 valence electrons. The van der Waals surface area contributed by atoms with Crippen LogP contribution in [0.1, 0.15) is 27.7 Å². The standard InChI is InChI=1S/C15H17NO2S/c1-3-16(10-12-5-4-8-19-12)15(18)13-9-11(2)6-7-14(13)17/h4-9,17H,3,10H2,1-2H3. The van der Waals surface area contributed by atoms with Gasteiger partial charge in [0.15, 0.2) is 0 Å². The minimum absolute atomic E-state index is 0.0419. The fourth-order valence-electron chi connectivity index (χ4n) is 1.91. The zero-order valence-electron chi connectivity index (χ0n) is 11.1. The largest absolute Gasteiger partial charge is 0.507 e. The molecule has 0 bridgehead atoms. The Morgan fingerprint density at radius 2 is 2.16 bits per heavy atom. The number of aromatic hydroxyl groups is 1. The van der Waals surface area contributed by atoms with Crippen LogP contribution in [0.2, 0.25) is 0 Å². The summed E-state index contributed by atoms with van der Waals surface area (Å²) in [7, 11) is 0. The molecule has 0 aliphatic carbocycles. The maximum absolute atomic E-state index is 12.4. The Hall–Kier alpha value is -1.81. The summed E-state index contributed by atoms with van der Waals surface area (Å²) >= 11 is 1.63. The maximum Gasteiger partial charge on any atom is 0.257 e. The smallest absolute Gasteiger partial charge is 0.257 e. The van der Waals surface area contributed by atoms with Crippen LogP contribution in [0.15, 0.2) is 35.7 Å². The van der Waals surface area contributed by atoms with Crippen LogP contribution in [0, 0.1) is 6.92 Å². The Morgan fingerprint density at radius 3 is 2.79 bits per heavy atom. The highest BCUT2D eigenvalue weighted by Crippen LogP contribution is 2.21. The minimum Gasteiger partial charge on any atom is -0.507 e. The molecule has 19 heavy (non-hydrogen) atoms. The number of carbonyl (C=O) groups excluding carboxylic acids is 1. The van der Waals surface area contributed by atoms with Crippen LogP contribution in [0.5, 0.6) is 5.75 Å². The van der Waals surface area contributed by atoms with Gasteiger partial charge in [-0.05, 0) is 37.4 Å². The molecule has 1 amide bonds. The van der Waals surface area contributed by atoms with E-state index in [1.807, 2.05) is 31.4 Å². The number of hydrogen-bond acceptors (Lipinski definition) is 3. The molecule has 0 atom stereocenters. The predicted octanol–water partition coefficient (Wildman–Crippen LogP) is 3.42. The van der Waals surface area contributed by atoms with E-state index >= 15 is 0 Å². The number of rotatable bonds is 4. The lowest BCUT2D eigenvalue weighted by molar-refractivity contribution is 0.0751. The van der Waals surface area contributed by atoms with Gasteiger partial charge in [0.1, 0.15) is 5.75 Å². The van der Waals surface area contributed by atoms with E-state index in [0.717, 1.165) is 10.4 Å². The summed E-state index contributed by atoms with van der Waals surface area (Å²) in [5, 5.41) is 11.8. The lowest BCUT2D eigenvalue weighted by atomic mass is 10.1. The highest BCUT2D eigenvalue weighted by atomic mass is 32.1. The van der Waals surface area contributed by atoms with Crippen molar-refractivity contribution in [2.24, 2.45) is 0 Å². The normalized spacial score (nSPS) is 10.4. The van der Waals surface area contributed by atoms with Crippen molar-refractivity contribution < 1.29 is 9.90 Å². The van der Waals surface area contributed by atoms with Crippen molar-refractivity contribution in [2.75, 3.05) is 6.54 Å². The zero-order chi connectivity index (χ0) is 13.8. The number of phenols is 1. The zero-order valence-corrected chi connectivity index (χ0v) is 11.9. The van der Waals surface area contributed by atoms with Crippen LogP contribution < -0.4 is 0 Å². The number of nitrogens with zero attached hydrogens (tertiary/aromatic N) is 1. The fourth-order valence-corrected chi connectivity index (χ4v) is 2.63. The number of aryl methyl sites for hydroxylation is 1. The summed E-state index contributed by atoms with van der Waals surface area (Å²) < 4.78 is 0. The average Bonchev–Trinajstić information content (AvgIpc) is 2.91. The maximum atomic E-state index is 12.4. The van der Waals surface area contributed by atoms with Gasteiger partial charge in [-0.1, -0.05) is 17.7 Å². The molecule has 0 aliphatic rings. The van der Waals surface area contributed by atoms with Gasteiger partial charge in [-0.25, -0.2) is 0 Å². The highest BCUT2D eigenvalue weighted by molar-refractivity contribution is 7.09. The molecule has 1 N–H and O–H groups in total. The number of benzene rings is 1. The molecule has 0 unspecified atom stereocenters. The lowest BCUT2D eigenvalue weighted by Crippen LogP contribution is -2.30. The molecule has 2 rings (SSSR count). The Labute approximate surface area is 117 Å². The Kier molecular flexibility index (Phi) is 4.22. The Bertz CT molecular complexity index is 564. The summed E-state index contributed by atoms with van der Waals surface area (Å²) in [6.45, 7) is 5.05. The third-order valence-corrected chi connectivity index (χ3v) is 3.84. The molecule has 1 aromatic heterocycles. The van der Waals surface area contributed by atoms with E-state index in [2.05, 4.69) is 0 Å². The van der Waals surface area contributed by atoms with Gasteiger partial charge in [-0.2, -0.15) is 0 Å². The molecular formula is C15H17NO2S. The van der Waals surface area contributed by atoms with E-state index in [1.165, 1.54) is 0 Å². The third-order valence-electron chi connectivity index (χ3n) is 2.98. The van der Waals surface area contributed by atoms with Crippen LogP contribution in [0.3, 0.4) is 0 Å². The Morgan fingerprint density at radius 1 is 1.37 bits per heavy atom. The van der Waals surface area contributed by atoms with Crippen LogP contribution >= 0.6 is 11.3 Å². The van der Waals surface area contributed by atoms with Crippen LogP contribution in [-0.2, 0) is 6.54 Å². The molecule has 0 aliphatic heterocycles. The first-order valence-electron chi connectivity index (χ1n) is 6.23. The molecule has 0 saturated carbocycles. The number of phenolic OH excluding ortho intramolecular Hbond substituents is 1. The quantitative estimate of drug-likeness (QED) is 0.928. The van der Waals surface area contributed by atoms with Crippen molar-refractivity contribution in [3.63, 3.8) is 0 Å². The summed E-state index contributed by atoms with van der Waals surface area (Å²) in [4.78, 5) is 15.3. The molecule has 1 heterocycles. The first-order valence-corrected chi connectivity index (χ1v) is 7.11. The summed E-state index contributed by atoms with van der Waals surface area (Å²) in [6.07, 6.45) is 0. The van der Waals surface area contributed by atoms with Crippen LogP contribution in [0.4, 0.5) is 0 Å². The number of amides is 1. The van der Waals surface area contributed by atoms with Crippen molar-refractivity contribution in [1.29, 1.82) is 0 Å². The van der Waals surface area contributed by atoms with Crippen molar-refractivity contribution in [3.8, 4) is 5.75 Å². The fraction of sp³-hybridized carbons (Fsp3) is 0.267. The molecule has 0 radical (unpaired) electrons. The van der Waals surface area contributed by atoms with Gasteiger partial charge >= 0.3 is 0 Å². The topological polar surface area (TPSA) is 40.5 Å². The summed E-state index contributed by atoms with van der Waals surface area (Å²) in [5.74, 6) is -0.0858. The predicted molar refractivity (Wildman–Crippen MR) is 77.6 cm³/mol. The second kappa shape index (κ2) is 5.89. The SMILES string of the molecule is CCN(Cc1cccs1)C(=O)c1cc(C)ccc1O. The second-order valence-corrected chi connectivity index (χ2v) is 5.45. The van der Waals surface area contributed by atoms with Gasteiger partial charge in [0.25, 0.3) is 5.91 Å². The second-order valence-electron chi connectivity index (χ2n) is 4.42. The van der Waals surface area contributed by atoms with Crippen molar-refractivity contribution in [1.82, 2.24) is 4.90 Å². The molecule has 0 fully saturated rings. The van der Waals surface area contributed by atoms with Crippen molar-refractivity contribution >= 4 is 17.2 Å². The van der Waals surface area contributed by atoms with Crippen LogP contribution in [-0.4, -0.2) is 22.5 Å². The average molecular weight is 275 g/mol. The van der Waals surface area contributed by atoms with E-state index in [-0.39, 0.29) is 11.7 Å². The lowest BCUT2D eigenvalue weighted by Gasteiger charge is -2.21. The van der Waals surface area contributed by atoms with Crippen LogP contribution in [0.25, 0.3) is 0 Å². The highest BCUT2D eigenvalue weighted by Gasteiger charge is 2.18. The molecule has 3 nitrogen and oxygen atoms in total. The van der Waals surface area contributed by atoms with E-state index < -0.39 is 0 Å². The van der Waals surface area contributed by atoms with Gasteiger partial charge in [0.2, 0.25) is 0 Å². The number of carbonyl (C=O) groups is 1. The number of hydrogen-bond donors (Lipinski definition) is 1. The van der Waals surface area contributed by atoms with Gasteiger partial charge in [0.05, 0.1) is 12.1 Å². The van der Waals surface area contributed by atoms with E-state index in [1.54, 1.807) is 34.4 Å². The molecule has 1 aromatic carbocycles. The number of thiophene rings is 1. The first kappa shape index (κ1) is 13.6. The minimum atomic E-state index is -0.128. The first-order chi connectivity index (χ1) is 9.11. The molecule has 2 aromatic rings. The summed E-state index contributed by atoms with van der Waals surface area (Å²) in [5.41, 5.74) is 1.34. The van der Waals surface area contributed by atoms with E-state index in [9.17, 15) is 9.90 Å². The van der Waals surface area contributed by atoms with Gasteiger partial charge in [-0.3, -0.25) is 4.79 Å². The third kappa shape index (κ3) is 3.15. The van der Waals surface area contributed by atoms with Gasteiger partial charge in [0, 0.05) is 11.4 Å². The molecule has 4 heteroatoms. The monoisotopic (exact) mass is 275 g/mol. The molecular weight excluding hydrogens is 258 g/mol.